The number of nitrogens with zero attached hydrogens (tertiary/aromatic N) is 2. The average molecular weight is 279 g/mol. The number of hydrogen-bond donors (Lipinski definition) is 3. The van der Waals surface area contributed by atoms with Crippen LogP contribution < -0.4 is 5.73 Å². The van der Waals surface area contributed by atoms with E-state index in [1.54, 1.807) is 0 Å². The number of amidine groups is 1. The molecule has 0 fully saturated rings. The number of oxime groups is 1. The largest absolute Gasteiger partial charge is 0.409 e. The molecule has 0 aliphatic rings. The van der Waals surface area contributed by atoms with E-state index in [2.05, 4.69) is 23.9 Å². The van der Waals surface area contributed by atoms with Gasteiger partial charge in [0.1, 0.15) is 5.84 Å². The molecule has 4 N–H and O–H groups in total. The summed E-state index contributed by atoms with van der Waals surface area (Å²) in [7, 11) is 0. The summed E-state index contributed by atoms with van der Waals surface area (Å²) in [5.74, 6) is 0.0631. The maximum atomic E-state index is 9.00. The zero-order valence-electron chi connectivity index (χ0n) is 12.2. The second-order valence-electron chi connectivity index (χ2n) is 5.15. The van der Waals surface area contributed by atoms with Crippen molar-refractivity contribution in [2.45, 2.75) is 32.2 Å². The lowest BCUT2D eigenvalue weighted by Gasteiger charge is -2.30. The highest BCUT2D eigenvalue weighted by Gasteiger charge is 2.21. The molecule has 1 rings (SSSR count). The van der Waals surface area contributed by atoms with Gasteiger partial charge in [-0.15, -0.1) is 0 Å². The lowest BCUT2D eigenvalue weighted by atomic mass is 9.96. The standard InChI is InChI=1S/C15H25N3O2/c1-12(2)18(9-6-10-19)11-14(15(16)17-20)13-7-4-3-5-8-13/h3-5,7-8,12,14,19-20H,6,9-11H2,1-2H3,(H2,16,17). The summed E-state index contributed by atoms with van der Waals surface area (Å²) in [5.41, 5.74) is 6.88. The van der Waals surface area contributed by atoms with E-state index < -0.39 is 0 Å². The fourth-order valence-corrected chi connectivity index (χ4v) is 2.19. The first kappa shape index (κ1) is 16.5. The molecule has 0 aliphatic carbocycles. The van der Waals surface area contributed by atoms with Gasteiger partial charge in [-0.1, -0.05) is 35.5 Å². The van der Waals surface area contributed by atoms with E-state index in [1.165, 1.54) is 0 Å². The third kappa shape index (κ3) is 4.83. The Kier molecular flexibility index (Phi) is 7.04. The van der Waals surface area contributed by atoms with Gasteiger partial charge in [0.15, 0.2) is 0 Å². The molecule has 1 atom stereocenters. The molecule has 0 saturated heterocycles. The molecule has 0 aliphatic heterocycles. The molecule has 1 aromatic carbocycles. The number of hydrogen-bond acceptors (Lipinski definition) is 4. The van der Waals surface area contributed by atoms with Crippen LogP contribution in [-0.2, 0) is 0 Å². The minimum absolute atomic E-state index is 0.151. The molecule has 0 saturated carbocycles. The lowest BCUT2D eigenvalue weighted by molar-refractivity contribution is 0.189. The third-order valence-corrected chi connectivity index (χ3v) is 3.43. The van der Waals surface area contributed by atoms with Crippen molar-refractivity contribution in [3.63, 3.8) is 0 Å². The van der Waals surface area contributed by atoms with Crippen LogP contribution in [0, 0.1) is 0 Å². The minimum atomic E-state index is -0.151. The monoisotopic (exact) mass is 279 g/mol. The second kappa shape index (κ2) is 8.55. The van der Waals surface area contributed by atoms with Crippen molar-refractivity contribution in [3.8, 4) is 0 Å². The highest BCUT2D eigenvalue weighted by molar-refractivity contribution is 5.87. The molecule has 0 amide bonds. The van der Waals surface area contributed by atoms with E-state index in [4.69, 9.17) is 16.0 Å². The van der Waals surface area contributed by atoms with Gasteiger partial charge in [-0.25, -0.2) is 0 Å². The van der Waals surface area contributed by atoms with Crippen molar-refractivity contribution in [2.75, 3.05) is 19.7 Å². The highest BCUT2D eigenvalue weighted by Crippen LogP contribution is 2.19. The predicted molar refractivity (Wildman–Crippen MR) is 81.0 cm³/mol. The molecule has 112 valence electrons. The highest BCUT2D eigenvalue weighted by atomic mass is 16.4. The normalized spacial score (nSPS) is 13.9. The number of aliphatic hydroxyl groups is 1. The van der Waals surface area contributed by atoms with Crippen LogP contribution >= 0.6 is 0 Å². The molecule has 0 aromatic heterocycles. The Labute approximate surface area is 120 Å². The quantitative estimate of drug-likeness (QED) is 0.292. The molecule has 1 unspecified atom stereocenters. The Balaban J connectivity index is 2.88. The summed E-state index contributed by atoms with van der Waals surface area (Å²) >= 11 is 0. The van der Waals surface area contributed by atoms with Crippen molar-refractivity contribution in [1.82, 2.24) is 4.90 Å². The van der Waals surface area contributed by atoms with Crippen molar-refractivity contribution in [1.29, 1.82) is 0 Å². The topological polar surface area (TPSA) is 82.1 Å². The first-order chi connectivity index (χ1) is 9.60. The van der Waals surface area contributed by atoms with Crippen molar-refractivity contribution in [2.24, 2.45) is 10.9 Å². The third-order valence-electron chi connectivity index (χ3n) is 3.43. The van der Waals surface area contributed by atoms with E-state index in [9.17, 15) is 0 Å². The van der Waals surface area contributed by atoms with Crippen molar-refractivity contribution >= 4 is 5.84 Å². The number of aliphatic hydroxyl groups excluding tert-OH is 1. The fraction of sp³-hybridized carbons (Fsp3) is 0.533. The second-order valence-corrected chi connectivity index (χ2v) is 5.15. The molecule has 5 heteroatoms. The summed E-state index contributed by atoms with van der Waals surface area (Å²) in [6, 6.07) is 10.1. The van der Waals surface area contributed by atoms with Crippen LogP contribution in [-0.4, -0.2) is 46.8 Å². The van der Waals surface area contributed by atoms with Crippen LogP contribution in [0.1, 0.15) is 31.7 Å². The van der Waals surface area contributed by atoms with Crippen LogP contribution in [0.3, 0.4) is 0 Å². The Morgan fingerprint density at radius 2 is 1.95 bits per heavy atom. The van der Waals surface area contributed by atoms with E-state index in [0.717, 1.165) is 18.5 Å². The van der Waals surface area contributed by atoms with Gasteiger partial charge >= 0.3 is 0 Å². The van der Waals surface area contributed by atoms with Gasteiger partial charge in [0.2, 0.25) is 0 Å². The van der Waals surface area contributed by atoms with Gasteiger partial charge in [-0.3, -0.25) is 4.90 Å². The van der Waals surface area contributed by atoms with Crippen LogP contribution in [0.5, 0.6) is 0 Å². The summed E-state index contributed by atoms with van der Waals surface area (Å²) in [5, 5.41) is 21.2. The predicted octanol–water partition coefficient (Wildman–Crippen LogP) is 1.61. The van der Waals surface area contributed by atoms with Gasteiger partial charge in [0, 0.05) is 25.7 Å². The van der Waals surface area contributed by atoms with Crippen molar-refractivity contribution < 1.29 is 10.3 Å². The summed E-state index contributed by atoms with van der Waals surface area (Å²) in [6.45, 7) is 5.83. The van der Waals surface area contributed by atoms with E-state index in [0.29, 0.717) is 12.6 Å². The zero-order chi connectivity index (χ0) is 15.0. The van der Waals surface area contributed by atoms with Crippen LogP contribution in [0.15, 0.2) is 35.5 Å². The lowest BCUT2D eigenvalue weighted by Crippen LogP contribution is -2.39. The van der Waals surface area contributed by atoms with Crippen LogP contribution in [0.4, 0.5) is 0 Å². The molecule has 1 aromatic rings. The molecule has 0 radical (unpaired) electrons. The summed E-state index contributed by atoms with van der Waals surface area (Å²) in [6.07, 6.45) is 0.718. The van der Waals surface area contributed by atoms with Crippen LogP contribution in [0.25, 0.3) is 0 Å². The van der Waals surface area contributed by atoms with Gasteiger partial charge in [-0.05, 0) is 25.8 Å². The Morgan fingerprint density at radius 3 is 2.45 bits per heavy atom. The van der Waals surface area contributed by atoms with Crippen LogP contribution in [0.2, 0.25) is 0 Å². The van der Waals surface area contributed by atoms with Gasteiger partial charge < -0.3 is 16.0 Å². The number of nitrogens with two attached hydrogens (primary N) is 1. The van der Waals surface area contributed by atoms with Gasteiger partial charge in [0.25, 0.3) is 0 Å². The molecule has 0 heterocycles. The van der Waals surface area contributed by atoms with E-state index in [1.807, 2.05) is 30.3 Å². The minimum Gasteiger partial charge on any atom is -0.409 e. The van der Waals surface area contributed by atoms with Crippen molar-refractivity contribution in [3.05, 3.63) is 35.9 Å². The molecular formula is C15H25N3O2. The number of benzene rings is 1. The molecular weight excluding hydrogens is 254 g/mol. The zero-order valence-corrected chi connectivity index (χ0v) is 12.2. The maximum Gasteiger partial charge on any atom is 0.147 e. The van der Waals surface area contributed by atoms with E-state index >= 15 is 0 Å². The molecule has 0 spiro atoms. The summed E-state index contributed by atoms with van der Waals surface area (Å²) in [4.78, 5) is 2.23. The summed E-state index contributed by atoms with van der Waals surface area (Å²) < 4.78 is 0. The maximum absolute atomic E-state index is 9.00. The average Bonchev–Trinajstić information content (AvgIpc) is 2.47. The van der Waals surface area contributed by atoms with E-state index in [-0.39, 0.29) is 18.4 Å². The fourth-order valence-electron chi connectivity index (χ4n) is 2.19. The Morgan fingerprint density at radius 1 is 1.30 bits per heavy atom. The van der Waals surface area contributed by atoms with Gasteiger partial charge in [-0.2, -0.15) is 0 Å². The Hall–Kier alpha value is -1.59. The Bertz CT molecular complexity index is 407. The smallest absolute Gasteiger partial charge is 0.147 e. The molecule has 0 bridgehead atoms. The van der Waals surface area contributed by atoms with Gasteiger partial charge in [0.05, 0.1) is 5.92 Å². The number of rotatable bonds is 8. The first-order valence-corrected chi connectivity index (χ1v) is 6.97. The molecule has 20 heavy (non-hydrogen) atoms. The first-order valence-electron chi connectivity index (χ1n) is 6.97. The SMILES string of the molecule is CC(C)N(CCCO)CC(C(N)=NO)c1ccccc1. The molecule has 5 nitrogen and oxygen atoms in total.